The Morgan fingerprint density at radius 2 is 1.92 bits per heavy atom. The summed E-state index contributed by atoms with van der Waals surface area (Å²) in [5.74, 6) is -0.284. The van der Waals surface area contributed by atoms with E-state index in [-0.39, 0.29) is 23.9 Å². The van der Waals surface area contributed by atoms with Crippen molar-refractivity contribution in [2.24, 2.45) is 0 Å². The molecule has 1 atom stereocenters. The molecule has 0 bridgehead atoms. The number of amides is 1. The summed E-state index contributed by atoms with van der Waals surface area (Å²) in [5, 5.41) is 3.02. The van der Waals surface area contributed by atoms with Gasteiger partial charge in [0.25, 0.3) is 5.91 Å². The molecule has 0 saturated heterocycles. The second kappa shape index (κ2) is 9.40. The predicted molar refractivity (Wildman–Crippen MR) is 99.7 cm³/mol. The maximum atomic E-state index is 12.1. The molecule has 6 nitrogen and oxygen atoms in total. The van der Waals surface area contributed by atoms with Crippen molar-refractivity contribution >= 4 is 40.9 Å². The first-order valence-electron chi connectivity index (χ1n) is 7.86. The number of nitrogens with one attached hydrogen (secondary N) is 1. The first-order chi connectivity index (χ1) is 12.3. The highest BCUT2D eigenvalue weighted by atomic mass is 35.5. The second-order valence-corrected chi connectivity index (χ2v) is 6.36. The molecule has 0 saturated carbocycles. The minimum absolute atomic E-state index is 0.0193. The number of nitrogens with zero attached hydrogens (tertiary/aromatic N) is 1. The second-order valence-electron chi connectivity index (χ2n) is 5.52. The average molecular weight is 397 g/mol. The molecular formula is C18H18Cl2N2O4. The summed E-state index contributed by atoms with van der Waals surface area (Å²) < 4.78 is 10.5. The van der Waals surface area contributed by atoms with E-state index >= 15 is 0 Å². The SMILES string of the molecule is Cc1ccc(OCCC(=O)O[C@H](C)C(=O)Nc2ncc(Cl)cc2Cl)cc1. The van der Waals surface area contributed by atoms with Gasteiger partial charge in [0.05, 0.1) is 23.1 Å². The van der Waals surface area contributed by atoms with Crippen LogP contribution in [0.4, 0.5) is 5.82 Å². The van der Waals surface area contributed by atoms with E-state index in [4.69, 9.17) is 32.7 Å². The van der Waals surface area contributed by atoms with E-state index in [2.05, 4.69) is 10.3 Å². The van der Waals surface area contributed by atoms with E-state index < -0.39 is 18.0 Å². The van der Waals surface area contributed by atoms with Gasteiger partial charge in [0.1, 0.15) is 5.75 Å². The maximum Gasteiger partial charge on any atom is 0.310 e. The van der Waals surface area contributed by atoms with Crippen LogP contribution in [0, 0.1) is 6.92 Å². The average Bonchev–Trinajstić information content (AvgIpc) is 2.59. The standard InChI is InChI=1S/C18H18Cl2N2O4/c1-11-3-5-14(6-4-11)25-8-7-16(23)26-12(2)18(24)22-17-15(20)9-13(19)10-21-17/h3-6,9-10,12H,7-8H2,1-2H3,(H,21,22,24)/t12-/m1/s1. The molecule has 0 spiro atoms. The number of benzene rings is 1. The highest BCUT2D eigenvalue weighted by molar-refractivity contribution is 6.36. The summed E-state index contributed by atoms with van der Waals surface area (Å²) in [6.45, 7) is 3.58. The molecule has 26 heavy (non-hydrogen) atoms. The van der Waals surface area contributed by atoms with Gasteiger partial charge in [0.15, 0.2) is 11.9 Å². The van der Waals surface area contributed by atoms with Gasteiger partial charge in [-0.2, -0.15) is 0 Å². The lowest BCUT2D eigenvalue weighted by Crippen LogP contribution is -2.30. The van der Waals surface area contributed by atoms with Crippen LogP contribution in [-0.4, -0.2) is 29.6 Å². The summed E-state index contributed by atoms with van der Waals surface area (Å²) in [7, 11) is 0. The van der Waals surface area contributed by atoms with Gasteiger partial charge in [-0.15, -0.1) is 0 Å². The number of rotatable bonds is 7. The van der Waals surface area contributed by atoms with E-state index in [0.29, 0.717) is 10.8 Å². The Kier molecular flexibility index (Phi) is 7.24. The zero-order valence-corrected chi connectivity index (χ0v) is 15.8. The zero-order chi connectivity index (χ0) is 19.1. The van der Waals surface area contributed by atoms with Gasteiger partial charge >= 0.3 is 5.97 Å². The highest BCUT2D eigenvalue weighted by Gasteiger charge is 2.19. The number of halogens is 2. The number of carbonyl (C=O) groups excluding carboxylic acids is 2. The van der Waals surface area contributed by atoms with Gasteiger partial charge in [-0.3, -0.25) is 9.59 Å². The fraction of sp³-hybridized carbons (Fsp3) is 0.278. The quantitative estimate of drug-likeness (QED) is 0.714. The van der Waals surface area contributed by atoms with Crippen molar-refractivity contribution in [3.8, 4) is 5.75 Å². The Balaban J connectivity index is 1.76. The summed E-state index contributed by atoms with van der Waals surface area (Å²) in [6, 6.07) is 8.91. The molecule has 0 radical (unpaired) electrons. The minimum atomic E-state index is -1.00. The third-order valence-corrected chi connectivity index (χ3v) is 3.82. The summed E-state index contributed by atoms with van der Waals surface area (Å²) in [6.07, 6.45) is 0.364. The number of pyridine rings is 1. The van der Waals surface area contributed by atoms with Crippen LogP contribution in [0.25, 0.3) is 0 Å². The van der Waals surface area contributed by atoms with Gasteiger partial charge in [-0.05, 0) is 32.0 Å². The van der Waals surface area contributed by atoms with Gasteiger partial charge in [-0.1, -0.05) is 40.9 Å². The Morgan fingerprint density at radius 1 is 1.23 bits per heavy atom. The lowest BCUT2D eigenvalue weighted by Gasteiger charge is -2.14. The molecule has 1 aromatic heterocycles. The van der Waals surface area contributed by atoms with Gasteiger partial charge < -0.3 is 14.8 Å². The number of anilines is 1. The number of carbonyl (C=O) groups is 2. The van der Waals surface area contributed by atoms with Gasteiger partial charge in [-0.25, -0.2) is 4.98 Å². The molecule has 2 rings (SSSR count). The van der Waals surface area contributed by atoms with Crippen LogP contribution in [0.2, 0.25) is 10.0 Å². The van der Waals surface area contributed by atoms with Crippen molar-refractivity contribution < 1.29 is 19.1 Å². The predicted octanol–water partition coefficient (Wildman–Crippen LogP) is 4.04. The lowest BCUT2D eigenvalue weighted by atomic mass is 10.2. The number of ether oxygens (including phenoxy) is 2. The molecule has 1 N–H and O–H groups in total. The van der Waals surface area contributed by atoms with Crippen LogP contribution in [0.1, 0.15) is 18.9 Å². The molecule has 1 heterocycles. The van der Waals surface area contributed by atoms with Crippen LogP contribution in [0.5, 0.6) is 5.75 Å². The maximum absolute atomic E-state index is 12.1. The fourth-order valence-corrected chi connectivity index (χ4v) is 2.35. The number of esters is 1. The van der Waals surface area contributed by atoms with Crippen LogP contribution in [-0.2, 0) is 14.3 Å². The fourth-order valence-electron chi connectivity index (χ4n) is 1.92. The summed E-state index contributed by atoms with van der Waals surface area (Å²) in [4.78, 5) is 27.8. The molecule has 0 aliphatic carbocycles. The minimum Gasteiger partial charge on any atom is -0.493 e. The van der Waals surface area contributed by atoms with E-state index in [1.165, 1.54) is 19.2 Å². The molecule has 0 aliphatic heterocycles. The molecule has 1 aromatic carbocycles. The molecule has 0 fully saturated rings. The third kappa shape index (κ3) is 6.20. The summed E-state index contributed by atoms with van der Waals surface area (Å²) >= 11 is 11.7. The molecule has 8 heteroatoms. The van der Waals surface area contributed by atoms with Crippen molar-refractivity contribution in [1.82, 2.24) is 4.98 Å². The zero-order valence-electron chi connectivity index (χ0n) is 14.3. The lowest BCUT2D eigenvalue weighted by molar-refractivity contribution is -0.153. The van der Waals surface area contributed by atoms with Crippen molar-refractivity contribution in [1.29, 1.82) is 0 Å². The topological polar surface area (TPSA) is 77.5 Å². The first kappa shape index (κ1) is 20.0. The van der Waals surface area contributed by atoms with Crippen LogP contribution in [0.15, 0.2) is 36.5 Å². The van der Waals surface area contributed by atoms with E-state index in [1.54, 1.807) is 0 Å². The Bertz CT molecular complexity index is 781. The molecule has 0 unspecified atom stereocenters. The van der Waals surface area contributed by atoms with Crippen molar-refractivity contribution in [2.45, 2.75) is 26.4 Å². The van der Waals surface area contributed by atoms with Crippen LogP contribution < -0.4 is 10.1 Å². The number of hydrogen-bond donors (Lipinski definition) is 1. The van der Waals surface area contributed by atoms with Crippen LogP contribution in [0.3, 0.4) is 0 Å². The monoisotopic (exact) mass is 396 g/mol. The Labute approximate surface area is 161 Å². The van der Waals surface area contributed by atoms with E-state index in [1.807, 2.05) is 31.2 Å². The largest absolute Gasteiger partial charge is 0.493 e. The number of aryl methyl sites for hydroxylation is 1. The molecule has 2 aromatic rings. The smallest absolute Gasteiger partial charge is 0.310 e. The van der Waals surface area contributed by atoms with Gasteiger partial charge in [0, 0.05) is 6.20 Å². The summed E-state index contributed by atoms with van der Waals surface area (Å²) in [5.41, 5.74) is 1.12. The normalized spacial score (nSPS) is 11.5. The molecular weight excluding hydrogens is 379 g/mol. The van der Waals surface area contributed by atoms with Crippen molar-refractivity contribution in [3.63, 3.8) is 0 Å². The molecule has 1 amide bonds. The van der Waals surface area contributed by atoms with Crippen LogP contribution >= 0.6 is 23.2 Å². The Morgan fingerprint density at radius 3 is 2.58 bits per heavy atom. The van der Waals surface area contributed by atoms with E-state index in [0.717, 1.165) is 5.56 Å². The van der Waals surface area contributed by atoms with Gasteiger partial charge in [0.2, 0.25) is 0 Å². The van der Waals surface area contributed by atoms with Crippen molar-refractivity contribution in [2.75, 3.05) is 11.9 Å². The number of hydrogen-bond acceptors (Lipinski definition) is 5. The van der Waals surface area contributed by atoms with Crippen molar-refractivity contribution in [3.05, 3.63) is 52.1 Å². The third-order valence-electron chi connectivity index (χ3n) is 3.32. The Hall–Kier alpha value is -2.31. The number of aromatic nitrogens is 1. The first-order valence-corrected chi connectivity index (χ1v) is 8.61. The highest BCUT2D eigenvalue weighted by Crippen LogP contribution is 2.22. The molecule has 0 aliphatic rings. The van der Waals surface area contributed by atoms with E-state index in [9.17, 15) is 9.59 Å². The molecule has 138 valence electrons.